The summed E-state index contributed by atoms with van der Waals surface area (Å²) in [5.74, 6) is -0.556. The molecule has 0 bridgehead atoms. The van der Waals surface area contributed by atoms with Gasteiger partial charge in [-0.15, -0.1) is 0 Å². The molecule has 0 saturated carbocycles. The average Bonchev–Trinajstić information content (AvgIpc) is 2.27. The van der Waals surface area contributed by atoms with Gasteiger partial charge in [-0.3, -0.25) is 4.79 Å². The van der Waals surface area contributed by atoms with E-state index < -0.39 is 11.4 Å². The van der Waals surface area contributed by atoms with Crippen molar-refractivity contribution in [2.75, 3.05) is 0 Å². The van der Waals surface area contributed by atoms with Crippen molar-refractivity contribution in [1.29, 1.82) is 0 Å². The molecule has 1 N–H and O–H groups in total. The van der Waals surface area contributed by atoms with Crippen molar-refractivity contribution in [2.24, 2.45) is 11.3 Å². The molecule has 0 heterocycles. The highest BCUT2D eigenvalue weighted by Gasteiger charge is 2.41. The Morgan fingerprint density at radius 1 is 1.47 bits per heavy atom. The molecule has 84 valence electrons. The summed E-state index contributed by atoms with van der Waals surface area (Å²) in [4.78, 5) is 11.4. The smallest absolute Gasteiger partial charge is 0.314 e. The summed E-state index contributed by atoms with van der Waals surface area (Å²) in [5.41, 5.74) is 0.583. The Morgan fingerprint density at radius 2 is 2.13 bits per heavy atom. The summed E-state index contributed by atoms with van der Waals surface area (Å²) < 4.78 is 0. The second-order valence-electron chi connectivity index (χ2n) is 4.14. The van der Waals surface area contributed by atoms with Crippen LogP contribution in [0.3, 0.4) is 0 Å². The van der Waals surface area contributed by atoms with Gasteiger partial charge in [0.05, 0.1) is 5.41 Å². The van der Waals surface area contributed by atoms with Crippen LogP contribution in [0.5, 0.6) is 0 Å². The van der Waals surface area contributed by atoms with Crippen LogP contribution >= 0.6 is 0 Å². The van der Waals surface area contributed by atoms with Crippen LogP contribution in [-0.4, -0.2) is 11.1 Å². The van der Waals surface area contributed by atoms with E-state index in [1.165, 1.54) is 5.57 Å². The zero-order chi connectivity index (χ0) is 11.5. The standard InChI is InChI=1S/C13H20O2/c1-4-10-7-8-13(6-3,12(14)15)11(5-2)9-10/h7-9,11H,4-6H2,1-3H3,(H,14,15). The summed E-state index contributed by atoms with van der Waals surface area (Å²) in [5, 5.41) is 9.37. The van der Waals surface area contributed by atoms with Gasteiger partial charge in [0.25, 0.3) is 0 Å². The second kappa shape index (κ2) is 4.65. The Kier molecular flexibility index (Phi) is 3.72. The van der Waals surface area contributed by atoms with Crippen molar-refractivity contribution in [3.63, 3.8) is 0 Å². The number of allylic oxidation sites excluding steroid dienone is 3. The minimum absolute atomic E-state index is 0.139. The van der Waals surface area contributed by atoms with Crippen molar-refractivity contribution < 1.29 is 9.90 Å². The van der Waals surface area contributed by atoms with Crippen molar-refractivity contribution in [2.45, 2.75) is 40.0 Å². The Morgan fingerprint density at radius 3 is 2.53 bits per heavy atom. The van der Waals surface area contributed by atoms with Gasteiger partial charge in [0.2, 0.25) is 0 Å². The van der Waals surface area contributed by atoms with Gasteiger partial charge in [-0.05, 0) is 25.2 Å². The van der Waals surface area contributed by atoms with E-state index in [0.717, 1.165) is 12.8 Å². The predicted molar refractivity (Wildman–Crippen MR) is 61.7 cm³/mol. The van der Waals surface area contributed by atoms with E-state index >= 15 is 0 Å². The molecule has 1 aliphatic rings. The number of aliphatic carboxylic acids is 1. The van der Waals surface area contributed by atoms with E-state index in [1.54, 1.807) is 0 Å². The molecule has 0 aliphatic heterocycles. The topological polar surface area (TPSA) is 37.3 Å². The van der Waals surface area contributed by atoms with Gasteiger partial charge < -0.3 is 5.11 Å². The summed E-state index contributed by atoms with van der Waals surface area (Å²) in [7, 11) is 0. The molecule has 0 fully saturated rings. The van der Waals surface area contributed by atoms with Crippen LogP contribution in [0.2, 0.25) is 0 Å². The van der Waals surface area contributed by atoms with Crippen molar-refractivity contribution in [3.05, 3.63) is 23.8 Å². The molecule has 2 heteroatoms. The van der Waals surface area contributed by atoms with Crippen LogP contribution in [0.4, 0.5) is 0 Å². The highest BCUT2D eigenvalue weighted by molar-refractivity contribution is 5.78. The third-order valence-electron chi connectivity index (χ3n) is 3.50. The summed E-state index contributed by atoms with van der Waals surface area (Å²) >= 11 is 0. The van der Waals surface area contributed by atoms with E-state index in [1.807, 2.05) is 19.1 Å². The second-order valence-corrected chi connectivity index (χ2v) is 4.14. The lowest BCUT2D eigenvalue weighted by Gasteiger charge is -2.34. The molecule has 2 atom stereocenters. The number of hydrogen-bond donors (Lipinski definition) is 1. The molecule has 15 heavy (non-hydrogen) atoms. The summed E-state index contributed by atoms with van der Waals surface area (Å²) in [6.45, 7) is 6.11. The minimum Gasteiger partial charge on any atom is -0.481 e. The number of carboxylic acid groups (broad SMARTS) is 1. The molecule has 0 aromatic rings. The van der Waals surface area contributed by atoms with E-state index in [0.29, 0.717) is 6.42 Å². The largest absolute Gasteiger partial charge is 0.481 e. The van der Waals surface area contributed by atoms with Gasteiger partial charge in [-0.25, -0.2) is 0 Å². The lowest BCUT2D eigenvalue weighted by molar-refractivity contribution is -0.148. The van der Waals surface area contributed by atoms with Gasteiger partial charge in [0, 0.05) is 0 Å². The Labute approximate surface area is 91.7 Å². The lowest BCUT2D eigenvalue weighted by Crippen LogP contribution is -2.36. The van der Waals surface area contributed by atoms with Crippen LogP contribution in [-0.2, 0) is 4.79 Å². The van der Waals surface area contributed by atoms with Gasteiger partial charge in [-0.1, -0.05) is 44.6 Å². The molecule has 0 aromatic carbocycles. The molecular formula is C13H20O2. The maximum Gasteiger partial charge on any atom is 0.314 e. The number of carbonyl (C=O) groups is 1. The fraction of sp³-hybridized carbons (Fsp3) is 0.615. The van der Waals surface area contributed by atoms with Gasteiger partial charge in [-0.2, -0.15) is 0 Å². The molecule has 0 radical (unpaired) electrons. The minimum atomic E-state index is -0.695. The van der Waals surface area contributed by atoms with E-state index in [4.69, 9.17) is 0 Å². The van der Waals surface area contributed by atoms with Crippen LogP contribution in [0.25, 0.3) is 0 Å². The van der Waals surface area contributed by atoms with E-state index in [-0.39, 0.29) is 5.92 Å². The van der Waals surface area contributed by atoms with Gasteiger partial charge in [0.15, 0.2) is 0 Å². The molecule has 0 aromatic heterocycles. The predicted octanol–water partition coefficient (Wildman–Crippen LogP) is 3.40. The monoisotopic (exact) mass is 208 g/mol. The Hall–Kier alpha value is -1.05. The van der Waals surface area contributed by atoms with E-state index in [9.17, 15) is 9.90 Å². The highest BCUT2D eigenvalue weighted by atomic mass is 16.4. The first-order chi connectivity index (χ1) is 7.10. The molecule has 0 spiro atoms. The fourth-order valence-electron chi connectivity index (χ4n) is 2.32. The molecule has 2 unspecified atom stereocenters. The fourth-order valence-corrected chi connectivity index (χ4v) is 2.32. The van der Waals surface area contributed by atoms with Gasteiger partial charge in [0.1, 0.15) is 0 Å². The molecule has 0 amide bonds. The Bertz CT molecular complexity index is 302. The SMILES string of the molecule is CCC1=CC(CC)C(CC)(C(=O)O)C=C1. The third-order valence-corrected chi connectivity index (χ3v) is 3.50. The Balaban J connectivity index is 3.07. The first-order valence-electron chi connectivity index (χ1n) is 5.74. The molecule has 2 nitrogen and oxygen atoms in total. The van der Waals surface area contributed by atoms with Crippen molar-refractivity contribution in [1.82, 2.24) is 0 Å². The first-order valence-corrected chi connectivity index (χ1v) is 5.74. The van der Waals surface area contributed by atoms with Crippen LogP contribution in [0, 0.1) is 11.3 Å². The number of carboxylic acids is 1. The maximum absolute atomic E-state index is 11.4. The quantitative estimate of drug-likeness (QED) is 0.768. The highest BCUT2D eigenvalue weighted by Crippen LogP contribution is 2.41. The van der Waals surface area contributed by atoms with Crippen LogP contribution in [0.1, 0.15) is 40.0 Å². The average molecular weight is 208 g/mol. The van der Waals surface area contributed by atoms with Gasteiger partial charge >= 0.3 is 5.97 Å². The zero-order valence-electron chi connectivity index (χ0n) is 9.79. The van der Waals surface area contributed by atoms with Crippen molar-refractivity contribution in [3.8, 4) is 0 Å². The number of rotatable bonds is 4. The molecule has 1 rings (SSSR count). The molecular weight excluding hydrogens is 188 g/mol. The normalized spacial score (nSPS) is 30.1. The van der Waals surface area contributed by atoms with Crippen LogP contribution < -0.4 is 0 Å². The zero-order valence-corrected chi connectivity index (χ0v) is 9.79. The maximum atomic E-state index is 11.4. The summed E-state index contributed by atoms with van der Waals surface area (Å²) in [6, 6.07) is 0. The third kappa shape index (κ3) is 1.99. The van der Waals surface area contributed by atoms with Crippen LogP contribution in [0.15, 0.2) is 23.8 Å². The number of hydrogen-bond acceptors (Lipinski definition) is 1. The van der Waals surface area contributed by atoms with E-state index in [2.05, 4.69) is 19.9 Å². The van der Waals surface area contributed by atoms with Crippen molar-refractivity contribution >= 4 is 5.97 Å². The molecule has 1 aliphatic carbocycles. The summed E-state index contributed by atoms with van der Waals surface area (Å²) in [6.07, 6.45) is 8.52. The lowest BCUT2D eigenvalue weighted by atomic mass is 9.68. The first kappa shape index (κ1) is 12.0. The molecule has 0 saturated heterocycles.